The number of benzene rings is 1. The van der Waals surface area contributed by atoms with Gasteiger partial charge in [-0.05, 0) is 31.8 Å². The van der Waals surface area contributed by atoms with Crippen LogP contribution in [0.25, 0.3) is 0 Å². The zero-order valence-electron chi connectivity index (χ0n) is 12.2. The molecule has 19 heavy (non-hydrogen) atoms. The van der Waals surface area contributed by atoms with Gasteiger partial charge in [0, 0.05) is 51.5 Å². The van der Waals surface area contributed by atoms with Crippen molar-refractivity contribution < 1.29 is 0 Å². The highest BCUT2D eigenvalue weighted by Gasteiger charge is 2.13. The van der Waals surface area contributed by atoms with Gasteiger partial charge in [0.15, 0.2) is 0 Å². The van der Waals surface area contributed by atoms with E-state index in [1.165, 1.54) is 38.3 Å². The van der Waals surface area contributed by atoms with Gasteiger partial charge in [0.2, 0.25) is 0 Å². The molecule has 0 aliphatic carbocycles. The molecular formula is C15H26N4. The first-order valence-corrected chi connectivity index (χ1v) is 7.07. The lowest BCUT2D eigenvalue weighted by atomic mass is 10.2. The summed E-state index contributed by atoms with van der Waals surface area (Å²) in [7, 11) is 4.39. The van der Waals surface area contributed by atoms with E-state index in [1.54, 1.807) is 0 Å². The zero-order valence-corrected chi connectivity index (χ0v) is 12.2. The predicted octanol–water partition coefficient (Wildman–Crippen LogP) is 0.948. The normalized spacial score (nSPS) is 18.1. The lowest BCUT2D eigenvalue weighted by molar-refractivity contribution is 0.139. The molecule has 1 saturated heterocycles. The van der Waals surface area contributed by atoms with Crippen molar-refractivity contribution in [1.29, 1.82) is 0 Å². The Kier molecular flexibility index (Phi) is 5.19. The molecule has 0 spiro atoms. The van der Waals surface area contributed by atoms with Gasteiger partial charge in [0.1, 0.15) is 0 Å². The molecule has 0 atom stereocenters. The van der Waals surface area contributed by atoms with Crippen LogP contribution in [0.2, 0.25) is 0 Å². The van der Waals surface area contributed by atoms with E-state index in [0.717, 1.165) is 18.8 Å². The second-order valence-electron chi connectivity index (χ2n) is 5.62. The summed E-state index contributed by atoms with van der Waals surface area (Å²) in [5.74, 6) is 0. The first-order chi connectivity index (χ1) is 9.13. The topological polar surface area (TPSA) is 35.7 Å². The minimum Gasteiger partial charge on any atom is -0.399 e. The van der Waals surface area contributed by atoms with Gasteiger partial charge < -0.3 is 15.5 Å². The van der Waals surface area contributed by atoms with Crippen LogP contribution in [-0.2, 0) is 6.54 Å². The first kappa shape index (κ1) is 14.3. The van der Waals surface area contributed by atoms with Gasteiger partial charge >= 0.3 is 0 Å². The average Bonchev–Trinajstić information content (AvgIpc) is 2.41. The molecule has 2 rings (SSSR count). The number of nitrogen functional groups attached to an aromatic ring is 1. The number of hydrogen-bond donors (Lipinski definition) is 1. The fourth-order valence-corrected chi connectivity index (χ4v) is 2.40. The van der Waals surface area contributed by atoms with Crippen LogP contribution in [0.3, 0.4) is 0 Å². The van der Waals surface area contributed by atoms with Crippen LogP contribution in [0.15, 0.2) is 24.3 Å². The molecule has 4 nitrogen and oxygen atoms in total. The molecule has 1 aromatic carbocycles. The quantitative estimate of drug-likeness (QED) is 0.802. The molecule has 1 aliphatic heterocycles. The highest BCUT2D eigenvalue weighted by Crippen LogP contribution is 2.08. The van der Waals surface area contributed by atoms with Crippen LogP contribution in [0.1, 0.15) is 5.56 Å². The van der Waals surface area contributed by atoms with Gasteiger partial charge in [0.25, 0.3) is 0 Å². The Bertz CT molecular complexity index is 368. The Morgan fingerprint density at radius 1 is 1.11 bits per heavy atom. The number of hydrogen-bond acceptors (Lipinski definition) is 4. The maximum absolute atomic E-state index is 5.70. The number of likely N-dealkylation sites (N-methyl/N-ethyl adjacent to an activating group) is 2. The van der Waals surface area contributed by atoms with Gasteiger partial charge in [-0.2, -0.15) is 0 Å². The highest BCUT2D eigenvalue weighted by molar-refractivity contribution is 5.39. The Morgan fingerprint density at radius 3 is 2.37 bits per heavy atom. The van der Waals surface area contributed by atoms with Gasteiger partial charge in [-0.25, -0.2) is 0 Å². The molecule has 106 valence electrons. The smallest absolute Gasteiger partial charge is 0.0314 e. The van der Waals surface area contributed by atoms with Crippen LogP contribution < -0.4 is 5.73 Å². The minimum absolute atomic E-state index is 0.837. The number of piperazine rings is 1. The second-order valence-corrected chi connectivity index (χ2v) is 5.62. The third-order valence-corrected chi connectivity index (χ3v) is 3.83. The standard InChI is InChI=1S/C15H26N4/c1-17-7-10-19(11-8-17)12-9-18(2)13-14-3-5-15(16)6-4-14/h3-6H,7-13,16H2,1-2H3. The SMILES string of the molecule is CN1CCN(CCN(C)Cc2ccc(N)cc2)CC1. The van der Waals surface area contributed by atoms with Crippen LogP contribution in [0, 0.1) is 0 Å². The predicted molar refractivity (Wildman–Crippen MR) is 81.1 cm³/mol. The molecule has 1 aromatic rings. The Balaban J connectivity index is 1.69. The molecule has 0 amide bonds. The molecule has 0 saturated carbocycles. The molecule has 0 unspecified atom stereocenters. The Hall–Kier alpha value is -1.10. The van der Waals surface area contributed by atoms with E-state index in [2.05, 4.69) is 40.9 Å². The molecule has 0 bridgehead atoms. The molecule has 1 aliphatic rings. The van der Waals surface area contributed by atoms with Gasteiger partial charge in [-0.15, -0.1) is 0 Å². The highest BCUT2D eigenvalue weighted by atomic mass is 15.3. The minimum atomic E-state index is 0.837. The summed E-state index contributed by atoms with van der Waals surface area (Å²) in [6.45, 7) is 8.07. The Labute approximate surface area is 116 Å². The van der Waals surface area contributed by atoms with Crippen molar-refractivity contribution in [3.05, 3.63) is 29.8 Å². The monoisotopic (exact) mass is 262 g/mol. The summed E-state index contributed by atoms with van der Waals surface area (Å²) < 4.78 is 0. The third-order valence-electron chi connectivity index (χ3n) is 3.83. The maximum atomic E-state index is 5.70. The third kappa shape index (κ3) is 4.82. The molecular weight excluding hydrogens is 236 g/mol. The average molecular weight is 262 g/mol. The van der Waals surface area contributed by atoms with E-state index in [1.807, 2.05) is 12.1 Å². The fraction of sp³-hybridized carbons (Fsp3) is 0.600. The van der Waals surface area contributed by atoms with Crippen molar-refractivity contribution in [1.82, 2.24) is 14.7 Å². The molecule has 0 aromatic heterocycles. The second kappa shape index (κ2) is 6.89. The van der Waals surface area contributed by atoms with Gasteiger partial charge in [-0.1, -0.05) is 12.1 Å². The molecule has 0 radical (unpaired) electrons. The van der Waals surface area contributed by atoms with Crippen LogP contribution in [0.4, 0.5) is 5.69 Å². The van der Waals surface area contributed by atoms with E-state index < -0.39 is 0 Å². The van der Waals surface area contributed by atoms with E-state index in [-0.39, 0.29) is 0 Å². The van der Waals surface area contributed by atoms with Crippen molar-refractivity contribution in [2.24, 2.45) is 0 Å². The van der Waals surface area contributed by atoms with E-state index in [4.69, 9.17) is 5.73 Å². The molecule has 1 heterocycles. The summed E-state index contributed by atoms with van der Waals surface area (Å²) in [6.07, 6.45) is 0. The van der Waals surface area contributed by atoms with E-state index in [9.17, 15) is 0 Å². The van der Waals surface area contributed by atoms with E-state index in [0.29, 0.717) is 0 Å². The summed E-state index contributed by atoms with van der Waals surface area (Å²) in [5.41, 5.74) is 7.87. The van der Waals surface area contributed by atoms with Crippen LogP contribution in [0.5, 0.6) is 0 Å². The number of rotatable bonds is 5. The van der Waals surface area contributed by atoms with Gasteiger partial charge in [0.05, 0.1) is 0 Å². The summed E-state index contributed by atoms with van der Waals surface area (Å²) >= 11 is 0. The number of nitrogens with zero attached hydrogens (tertiary/aromatic N) is 3. The van der Waals surface area contributed by atoms with Crippen molar-refractivity contribution in [3.63, 3.8) is 0 Å². The zero-order chi connectivity index (χ0) is 13.7. The van der Waals surface area contributed by atoms with Crippen LogP contribution in [-0.4, -0.2) is 68.1 Å². The van der Waals surface area contributed by atoms with Gasteiger partial charge in [-0.3, -0.25) is 4.90 Å². The van der Waals surface area contributed by atoms with E-state index >= 15 is 0 Å². The number of nitrogens with two attached hydrogens (primary N) is 1. The largest absolute Gasteiger partial charge is 0.399 e. The van der Waals surface area contributed by atoms with Crippen molar-refractivity contribution in [2.45, 2.75) is 6.54 Å². The first-order valence-electron chi connectivity index (χ1n) is 7.07. The summed E-state index contributed by atoms with van der Waals surface area (Å²) in [4.78, 5) is 7.33. The molecule has 1 fully saturated rings. The molecule has 4 heteroatoms. The molecule has 2 N–H and O–H groups in total. The Morgan fingerprint density at radius 2 is 1.74 bits per heavy atom. The number of anilines is 1. The summed E-state index contributed by atoms with van der Waals surface area (Å²) in [5, 5.41) is 0. The lowest BCUT2D eigenvalue weighted by Gasteiger charge is -2.33. The maximum Gasteiger partial charge on any atom is 0.0314 e. The van der Waals surface area contributed by atoms with Crippen molar-refractivity contribution in [3.8, 4) is 0 Å². The summed E-state index contributed by atoms with van der Waals surface area (Å²) in [6, 6.07) is 8.18. The van der Waals surface area contributed by atoms with Crippen molar-refractivity contribution in [2.75, 3.05) is 59.1 Å². The van der Waals surface area contributed by atoms with Crippen molar-refractivity contribution >= 4 is 5.69 Å². The fourth-order valence-electron chi connectivity index (χ4n) is 2.40. The lowest BCUT2D eigenvalue weighted by Crippen LogP contribution is -2.46. The van der Waals surface area contributed by atoms with Crippen LogP contribution >= 0.6 is 0 Å².